The summed E-state index contributed by atoms with van der Waals surface area (Å²) in [7, 11) is 0. The molecule has 3 N–H and O–H groups in total. The number of carbonyl (C=O) groups excluding carboxylic acids is 1. The molecule has 24 heavy (non-hydrogen) atoms. The summed E-state index contributed by atoms with van der Waals surface area (Å²) in [6, 6.07) is 9.44. The van der Waals surface area contributed by atoms with Crippen molar-refractivity contribution in [3.8, 4) is 0 Å². The van der Waals surface area contributed by atoms with Crippen molar-refractivity contribution in [1.29, 1.82) is 0 Å². The molecule has 6 heteroatoms. The van der Waals surface area contributed by atoms with Crippen LogP contribution in [0.4, 0.5) is 4.79 Å². The van der Waals surface area contributed by atoms with Crippen molar-refractivity contribution in [3.63, 3.8) is 0 Å². The van der Waals surface area contributed by atoms with Crippen LogP contribution in [0.5, 0.6) is 0 Å². The highest BCUT2D eigenvalue weighted by atomic mass is 32.1. The normalized spacial score (nSPS) is 12.7. The van der Waals surface area contributed by atoms with Crippen molar-refractivity contribution >= 4 is 17.4 Å². The molecule has 0 aliphatic carbocycles. The monoisotopic (exact) mass is 347 g/mol. The number of hydrogen-bond acceptors (Lipinski definition) is 4. The van der Waals surface area contributed by atoms with Gasteiger partial charge < -0.3 is 15.7 Å². The van der Waals surface area contributed by atoms with Gasteiger partial charge in [0.05, 0.1) is 11.6 Å². The van der Waals surface area contributed by atoms with Crippen molar-refractivity contribution in [1.82, 2.24) is 15.6 Å². The van der Waals surface area contributed by atoms with Gasteiger partial charge in [-0.2, -0.15) is 0 Å². The Balaban J connectivity index is 2.04. The first-order valence-corrected chi connectivity index (χ1v) is 8.97. The fourth-order valence-corrected chi connectivity index (χ4v) is 3.35. The standard InChI is InChI=1S/C18H25N3O2S/c1-13-12-24-16(19-13)18(2,3)21-17(23)20-15(10-7-11-22)14-8-5-4-6-9-14/h4-6,8-9,12,15,22H,7,10-11H2,1-3H3,(H2,20,21,23). The Hall–Kier alpha value is -1.92. The lowest BCUT2D eigenvalue weighted by atomic mass is 10.0. The molecule has 130 valence electrons. The van der Waals surface area contributed by atoms with Crippen LogP contribution < -0.4 is 10.6 Å². The molecule has 5 nitrogen and oxygen atoms in total. The number of urea groups is 1. The molecule has 0 aliphatic heterocycles. The summed E-state index contributed by atoms with van der Waals surface area (Å²) in [5.41, 5.74) is 1.45. The van der Waals surface area contributed by atoms with E-state index in [2.05, 4.69) is 15.6 Å². The number of thiazole rings is 1. The molecule has 0 saturated heterocycles. The molecule has 1 atom stereocenters. The number of nitrogens with one attached hydrogen (secondary N) is 2. The van der Waals surface area contributed by atoms with Crippen LogP contribution in [-0.2, 0) is 5.54 Å². The summed E-state index contributed by atoms with van der Waals surface area (Å²) in [6.45, 7) is 5.93. The predicted octanol–water partition coefficient (Wildman–Crippen LogP) is 3.50. The largest absolute Gasteiger partial charge is 0.396 e. The quantitative estimate of drug-likeness (QED) is 0.717. The summed E-state index contributed by atoms with van der Waals surface area (Å²) < 4.78 is 0. The fraction of sp³-hybridized carbons (Fsp3) is 0.444. The second-order valence-electron chi connectivity index (χ2n) is 6.35. The van der Waals surface area contributed by atoms with Gasteiger partial charge in [0, 0.05) is 17.7 Å². The van der Waals surface area contributed by atoms with Crippen LogP contribution in [0, 0.1) is 6.92 Å². The molecule has 1 aromatic heterocycles. The average Bonchev–Trinajstić information content (AvgIpc) is 2.99. The van der Waals surface area contributed by atoms with Gasteiger partial charge in [-0.25, -0.2) is 9.78 Å². The minimum absolute atomic E-state index is 0.108. The fourth-order valence-electron chi connectivity index (χ4n) is 2.48. The Morgan fingerprint density at radius 2 is 2.04 bits per heavy atom. The van der Waals surface area contributed by atoms with E-state index < -0.39 is 5.54 Å². The maximum Gasteiger partial charge on any atom is 0.316 e. The Kier molecular flexibility index (Phi) is 6.34. The lowest BCUT2D eigenvalue weighted by Gasteiger charge is -2.26. The van der Waals surface area contributed by atoms with Crippen LogP contribution in [0.15, 0.2) is 35.7 Å². The zero-order valence-corrected chi connectivity index (χ0v) is 15.2. The Bertz CT molecular complexity index is 655. The van der Waals surface area contributed by atoms with Gasteiger partial charge in [-0.15, -0.1) is 11.3 Å². The number of benzene rings is 1. The van der Waals surface area contributed by atoms with Crippen LogP contribution in [-0.4, -0.2) is 22.7 Å². The van der Waals surface area contributed by atoms with E-state index >= 15 is 0 Å². The van der Waals surface area contributed by atoms with Gasteiger partial charge in [-0.3, -0.25) is 0 Å². The third kappa shape index (κ3) is 5.04. The summed E-state index contributed by atoms with van der Waals surface area (Å²) in [6.07, 6.45) is 1.32. The van der Waals surface area contributed by atoms with Gasteiger partial charge >= 0.3 is 6.03 Å². The highest BCUT2D eigenvalue weighted by Gasteiger charge is 2.27. The summed E-state index contributed by atoms with van der Waals surface area (Å²) >= 11 is 1.54. The molecule has 1 aromatic carbocycles. The first-order chi connectivity index (χ1) is 11.4. The van der Waals surface area contributed by atoms with E-state index in [-0.39, 0.29) is 18.7 Å². The molecule has 0 radical (unpaired) electrons. The Labute approximate surface area is 147 Å². The number of hydrogen-bond donors (Lipinski definition) is 3. The summed E-state index contributed by atoms with van der Waals surface area (Å²) in [4.78, 5) is 16.9. The van der Waals surface area contributed by atoms with Gasteiger partial charge in [0.15, 0.2) is 0 Å². The topological polar surface area (TPSA) is 74.2 Å². The van der Waals surface area contributed by atoms with E-state index in [9.17, 15) is 4.79 Å². The molecule has 2 rings (SSSR count). The van der Waals surface area contributed by atoms with Gasteiger partial charge in [0.25, 0.3) is 0 Å². The van der Waals surface area contributed by atoms with Gasteiger partial charge in [-0.05, 0) is 39.2 Å². The second-order valence-corrected chi connectivity index (χ2v) is 7.20. The number of carbonyl (C=O) groups is 1. The first kappa shape index (κ1) is 18.4. The molecule has 0 spiro atoms. The number of aryl methyl sites for hydroxylation is 1. The molecule has 2 amide bonds. The molecular weight excluding hydrogens is 322 g/mol. The molecular formula is C18H25N3O2S. The summed E-state index contributed by atoms with van der Waals surface area (Å²) in [5, 5.41) is 18.0. The van der Waals surface area contributed by atoms with Crippen LogP contribution in [0.2, 0.25) is 0 Å². The van der Waals surface area contributed by atoms with E-state index in [0.717, 1.165) is 16.3 Å². The van der Waals surface area contributed by atoms with Crippen LogP contribution in [0.3, 0.4) is 0 Å². The number of rotatable bonds is 7. The molecule has 1 heterocycles. The van der Waals surface area contributed by atoms with Crippen molar-refractivity contribution in [3.05, 3.63) is 52.0 Å². The van der Waals surface area contributed by atoms with Crippen LogP contribution in [0.25, 0.3) is 0 Å². The zero-order chi connectivity index (χ0) is 17.6. The first-order valence-electron chi connectivity index (χ1n) is 8.09. The molecule has 0 bridgehead atoms. The number of aliphatic hydroxyl groups is 1. The number of aliphatic hydroxyl groups excluding tert-OH is 1. The van der Waals surface area contributed by atoms with Crippen molar-refractivity contribution in [2.75, 3.05) is 6.61 Å². The molecule has 2 aromatic rings. The van der Waals surface area contributed by atoms with Crippen molar-refractivity contribution in [2.24, 2.45) is 0 Å². The maximum absolute atomic E-state index is 12.5. The molecule has 0 saturated carbocycles. The highest BCUT2D eigenvalue weighted by molar-refractivity contribution is 7.09. The predicted molar refractivity (Wildman–Crippen MR) is 97.0 cm³/mol. The number of amides is 2. The van der Waals surface area contributed by atoms with E-state index in [1.54, 1.807) is 11.3 Å². The Morgan fingerprint density at radius 3 is 2.62 bits per heavy atom. The van der Waals surface area contributed by atoms with Gasteiger partial charge in [0.1, 0.15) is 5.01 Å². The van der Waals surface area contributed by atoms with Crippen LogP contribution in [0.1, 0.15) is 49.0 Å². The van der Waals surface area contributed by atoms with E-state index in [0.29, 0.717) is 12.8 Å². The van der Waals surface area contributed by atoms with E-state index in [1.807, 2.05) is 56.5 Å². The SMILES string of the molecule is Cc1csc(C(C)(C)NC(=O)NC(CCCO)c2ccccc2)n1. The zero-order valence-electron chi connectivity index (χ0n) is 14.4. The van der Waals surface area contributed by atoms with Crippen molar-refractivity contribution < 1.29 is 9.90 Å². The number of aromatic nitrogens is 1. The molecule has 1 unspecified atom stereocenters. The smallest absolute Gasteiger partial charge is 0.316 e. The lowest BCUT2D eigenvalue weighted by Crippen LogP contribution is -2.47. The minimum Gasteiger partial charge on any atom is -0.396 e. The third-order valence-electron chi connectivity index (χ3n) is 3.74. The Morgan fingerprint density at radius 1 is 1.33 bits per heavy atom. The van der Waals surface area contributed by atoms with E-state index in [4.69, 9.17) is 5.11 Å². The average molecular weight is 347 g/mol. The van der Waals surface area contributed by atoms with Gasteiger partial charge in [-0.1, -0.05) is 30.3 Å². The number of nitrogens with zero attached hydrogens (tertiary/aromatic N) is 1. The third-order valence-corrected chi connectivity index (χ3v) is 5.02. The molecule has 0 aliphatic rings. The van der Waals surface area contributed by atoms with Gasteiger partial charge in [0.2, 0.25) is 0 Å². The van der Waals surface area contributed by atoms with Crippen molar-refractivity contribution in [2.45, 2.75) is 45.2 Å². The maximum atomic E-state index is 12.5. The minimum atomic E-state index is -0.540. The lowest BCUT2D eigenvalue weighted by molar-refractivity contribution is 0.222. The highest BCUT2D eigenvalue weighted by Crippen LogP contribution is 2.24. The summed E-state index contributed by atoms with van der Waals surface area (Å²) in [5.74, 6) is 0. The second kappa shape index (κ2) is 8.26. The van der Waals surface area contributed by atoms with E-state index in [1.165, 1.54) is 0 Å². The molecule has 0 fully saturated rings. The van der Waals surface area contributed by atoms with Crippen LogP contribution >= 0.6 is 11.3 Å².